The molecule has 0 radical (unpaired) electrons. The highest BCUT2D eigenvalue weighted by molar-refractivity contribution is 8.04. The third kappa shape index (κ3) is 6.44. The third-order valence-corrected chi connectivity index (χ3v) is 8.43. The minimum absolute atomic E-state index is 0.0950. The second-order valence-electron chi connectivity index (χ2n) is 9.85. The van der Waals surface area contributed by atoms with E-state index in [-0.39, 0.29) is 16.9 Å². The molecule has 0 saturated carbocycles. The molecule has 2 aromatic carbocycles. The first-order valence-electron chi connectivity index (χ1n) is 11.6. The largest absolute Gasteiger partial charge is 0.479 e. The second kappa shape index (κ2) is 9.93. The number of aromatic nitrogens is 2. The van der Waals surface area contributed by atoms with E-state index in [0.29, 0.717) is 28.2 Å². The van der Waals surface area contributed by atoms with E-state index in [1.54, 1.807) is 11.4 Å². The molecule has 0 bridgehead atoms. The fourth-order valence-corrected chi connectivity index (χ4v) is 6.99. The van der Waals surface area contributed by atoms with Crippen LogP contribution in [0, 0.1) is 18.2 Å². The normalized spacial score (nSPS) is 19.2. The standard InChI is InChI=1S/C25H27F4N5O3S/c1-14-7-17(34-38(36)11-24(3,4)12-38)9-19-21(14)22(32-13-31-19)33-18-6-5-16(26)8-20(18)37-15(2)23(35)30-10-25(27,28)29/h5-9,11,13,15H,10,12H2,1-4H3,(H,30,35)(H,34,36)(H,31,32,33)/t15-,38?/m1/s1. The van der Waals surface area contributed by atoms with E-state index < -0.39 is 40.3 Å². The smallest absolute Gasteiger partial charge is 0.405 e. The van der Waals surface area contributed by atoms with E-state index in [1.807, 2.05) is 32.2 Å². The molecular weight excluding hydrogens is 526 g/mol. The molecule has 3 aromatic rings. The number of benzene rings is 2. The van der Waals surface area contributed by atoms with E-state index in [9.17, 15) is 26.6 Å². The minimum atomic E-state index is -4.58. The van der Waals surface area contributed by atoms with Crippen LogP contribution in [0.25, 0.3) is 10.9 Å². The molecule has 2 heterocycles. The van der Waals surface area contributed by atoms with Crippen LogP contribution >= 0.6 is 0 Å². The number of carbonyl (C=O) groups is 1. The Morgan fingerprint density at radius 2 is 1.92 bits per heavy atom. The molecule has 1 aliphatic rings. The van der Waals surface area contributed by atoms with Crippen LogP contribution in [0.4, 0.5) is 34.8 Å². The Hall–Kier alpha value is -3.61. The number of rotatable bonds is 8. The molecule has 204 valence electrons. The molecule has 1 aromatic heterocycles. The third-order valence-electron chi connectivity index (χ3n) is 5.65. The first-order chi connectivity index (χ1) is 17.6. The lowest BCUT2D eigenvalue weighted by molar-refractivity contribution is -0.142. The van der Waals surface area contributed by atoms with Gasteiger partial charge in [0, 0.05) is 38.0 Å². The van der Waals surface area contributed by atoms with E-state index in [4.69, 9.17) is 4.74 Å². The van der Waals surface area contributed by atoms with Gasteiger partial charge in [0.1, 0.15) is 30.3 Å². The number of aryl methyl sites for hydroxylation is 1. The summed E-state index contributed by atoms with van der Waals surface area (Å²) in [6, 6.07) is 7.10. The zero-order chi connectivity index (χ0) is 27.9. The Labute approximate surface area is 217 Å². The van der Waals surface area contributed by atoms with Crippen LogP contribution in [0.2, 0.25) is 0 Å². The maximum Gasteiger partial charge on any atom is 0.405 e. The summed E-state index contributed by atoms with van der Waals surface area (Å²) in [5.41, 5.74) is 2.09. The van der Waals surface area contributed by atoms with Gasteiger partial charge >= 0.3 is 6.18 Å². The molecule has 0 aliphatic carbocycles. The van der Waals surface area contributed by atoms with E-state index in [0.717, 1.165) is 17.7 Å². The number of amides is 1. The van der Waals surface area contributed by atoms with Gasteiger partial charge in [-0.25, -0.2) is 18.6 Å². The van der Waals surface area contributed by atoms with Gasteiger partial charge in [0.2, 0.25) is 0 Å². The lowest BCUT2D eigenvalue weighted by Crippen LogP contribution is -2.43. The summed E-state index contributed by atoms with van der Waals surface area (Å²) >= 11 is 0. The second-order valence-corrected chi connectivity index (χ2v) is 12.0. The van der Waals surface area contributed by atoms with Gasteiger partial charge in [0.15, 0.2) is 6.10 Å². The summed E-state index contributed by atoms with van der Waals surface area (Å²) in [7, 11) is -2.32. The van der Waals surface area contributed by atoms with Crippen molar-refractivity contribution < 1.29 is 31.3 Å². The number of hydrogen-bond acceptors (Lipinski definition) is 6. The average Bonchev–Trinajstić information content (AvgIpc) is 2.77. The molecule has 2 atom stereocenters. The molecule has 3 N–H and O–H groups in total. The van der Waals surface area contributed by atoms with Crippen LogP contribution in [0.1, 0.15) is 26.3 Å². The minimum Gasteiger partial charge on any atom is -0.479 e. The summed E-state index contributed by atoms with van der Waals surface area (Å²) in [5.74, 6) is -0.898. The predicted octanol–water partition coefficient (Wildman–Crippen LogP) is 4.72. The van der Waals surface area contributed by atoms with Gasteiger partial charge in [-0.15, -0.1) is 0 Å². The number of nitrogens with one attached hydrogen (secondary N) is 3. The average molecular weight is 554 g/mol. The molecule has 4 rings (SSSR count). The molecule has 38 heavy (non-hydrogen) atoms. The number of carbonyl (C=O) groups excluding carboxylic acids is 1. The number of ether oxygens (including phenoxy) is 1. The van der Waals surface area contributed by atoms with Crippen LogP contribution in [-0.2, 0) is 14.5 Å². The molecule has 1 unspecified atom stereocenters. The Kier molecular flexibility index (Phi) is 7.17. The molecule has 0 fully saturated rings. The van der Waals surface area contributed by atoms with Gasteiger partial charge in [-0.1, -0.05) is 13.8 Å². The van der Waals surface area contributed by atoms with Crippen LogP contribution in [-0.4, -0.2) is 50.0 Å². The van der Waals surface area contributed by atoms with Crippen molar-refractivity contribution >= 4 is 49.1 Å². The zero-order valence-electron chi connectivity index (χ0n) is 21.1. The molecule has 0 saturated heterocycles. The van der Waals surface area contributed by atoms with Crippen molar-refractivity contribution in [2.45, 2.75) is 40.0 Å². The number of anilines is 3. The fraction of sp³-hybridized carbons (Fsp3) is 0.360. The van der Waals surface area contributed by atoms with Crippen molar-refractivity contribution in [1.82, 2.24) is 15.3 Å². The SMILES string of the molecule is Cc1cc(NS2(=O)=CC(C)(C)C2)cc2ncnc(Nc3ccc(F)cc3O[C@H](C)C(=O)NCC(F)(F)F)c12. The molecule has 1 amide bonds. The molecule has 8 nitrogen and oxygen atoms in total. The highest BCUT2D eigenvalue weighted by Gasteiger charge is 2.33. The first-order valence-corrected chi connectivity index (χ1v) is 13.4. The number of alkyl halides is 3. The lowest BCUT2D eigenvalue weighted by atomic mass is 10.00. The topological polar surface area (TPSA) is 105 Å². The number of fused-ring (bicyclic) bond motifs is 1. The lowest BCUT2D eigenvalue weighted by Gasteiger charge is -2.34. The van der Waals surface area contributed by atoms with Crippen LogP contribution in [0.3, 0.4) is 0 Å². The maximum atomic E-state index is 14.0. The highest BCUT2D eigenvalue weighted by atomic mass is 32.2. The van der Waals surface area contributed by atoms with E-state index in [2.05, 4.69) is 20.0 Å². The summed E-state index contributed by atoms with van der Waals surface area (Å²) in [5, 5.41) is 7.24. The summed E-state index contributed by atoms with van der Waals surface area (Å²) in [6.07, 6.45) is -4.60. The van der Waals surface area contributed by atoms with E-state index in [1.165, 1.54) is 19.3 Å². The van der Waals surface area contributed by atoms with Crippen molar-refractivity contribution in [3.63, 3.8) is 0 Å². The van der Waals surface area contributed by atoms with E-state index >= 15 is 0 Å². The highest BCUT2D eigenvalue weighted by Crippen LogP contribution is 2.34. The molecular formula is C25H27F4N5O3S. The Morgan fingerprint density at radius 3 is 2.58 bits per heavy atom. The summed E-state index contributed by atoms with van der Waals surface area (Å²) in [6.45, 7) is 5.60. The first kappa shape index (κ1) is 27.4. The number of nitrogens with zero attached hydrogens (tertiary/aromatic N) is 2. The van der Waals surface area contributed by atoms with Crippen molar-refractivity contribution in [1.29, 1.82) is 0 Å². The van der Waals surface area contributed by atoms with Gasteiger partial charge in [-0.3, -0.25) is 4.79 Å². The van der Waals surface area contributed by atoms with Crippen molar-refractivity contribution in [2.75, 3.05) is 22.3 Å². The Balaban J connectivity index is 1.60. The van der Waals surface area contributed by atoms with Gasteiger partial charge in [0.05, 0.1) is 11.2 Å². The Bertz CT molecular complexity index is 1520. The monoisotopic (exact) mass is 553 g/mol. The summed E-state index contributed by atoms with van der Waals surface area (Å²) in [4.78, 5) is 20.7. The number of hydrogen-bond donors (Lipinski definition) is 3. The van der Waals surface area contributed by atoms with Gasteiger partial charge < -0.3 is 20.1 Å². The van der Waals surface area contributed by atoms with Crippen LogP contribution in [0.5, 0.6) is 5.75 Å². The van der Waals surface area contributed by atoms with Crippen molar-refractivity contribution in [3.8, 4) is 5.75 Å². The maximum absolute atomic E-state index is 14.0. The van der Waals surface area contributed by atoms with Crippen molar-refractivity contribution in [2.24, 2.45) is 5.41 Å². The molecule has 13 heteroatoms. The van der Waals surface area contributed by atoms with Crippen LogP contribution in [0.15, 0.2) is 36.7 Å². The molecule has 0 spiro atoms. The van der Waals surface area contributed by atoms with Gasteiger partial charge in [-0.05, 0) is 49.0 Å². The quantitative estimate of drug-likeness (QED) is 0.276. The number of halogens is 4. The Morgan fingerprint density at radius 1 is 1.21 bits per heavy atom. The van der Waals surface area contributed by atoms with Crippen molar-refractivity contribution in [3.05, 3.63) is 48.0 Å². The molecule has 1 aliphatic heterocycles. The van der Waals surface area contributed by atoms with Crippen LogP contribution < -0.4 is 20.1 Å². The van der Waals surface area contributed by atoms with Gasteiger partial charge in [-0.2, -0.15) is 13.2 Å². The zero-order valence-corrected chi connectivity index (χ0v) is 21.9. The fourth-order valence-electron chi connectivity index (χ4n) is 4.25. The van der Waals surface area contributed by atoms with Gasteiger partial charge in [0.25, 0.3) is 5.91 Å². The predicted molar refractivity (Wildman–Crippen MR) is 140 cm³/mol. The summed E-state index contributed by atoms with van der Waals surface area (Å²) < 4.78 is 72.9.